The quantitative estimate of drug-likeness (QED) is 0.531. The number of nitrogens with zero attached hydrogens (tertiary/aromatic N) is 4. The fraction of sp³-hybridized carbons (Fsp3) is 0.647. The fourth-order valence-corrected chi connectivity index (χ4v) is 3.94. The highest BCUT2D eigenvalue weighted by Gasteiger charge is 2.28. The van der Waals surface area contributed by atoms with Gasteiger partial charge in [-0.2, -0.15) is 17.5 Å². The lowest BCUT2D eigenvalue weighted by Crippen LogP contribution is -2.51. The molecule has 0 aliphatic carbocycles. The van der Waals surface area contributed by atoms with Gasteiger partial charge in [-0.1, -0.05) is 0 Å². The second-order valence-electron chi connectivity index (χ2n) is 6.69. The number of halogens is 3. The number of amides is 1. The fourth-order valence-electron chi connectivity index (χ4n) is 2.85. The Labute approximate surface area is 168 Å². The van der Waals surface area contributed by atoms with Crippen molar-refractivity contribution >= 4 is 15.9 Å². The van der Waals surface area contributed by atoms with Gasteiger partial charge in [0.1, 0.15) is 11.5 Å². The summed E-state index contributed by atoms with van der Waals surface area (Å²) in [6.45, 7) is 1.10. The maximum Gasteiger partial charge on any atom is 0.411 e. The molecule has 0 radical (unpaired) electrons. The van der Waals surface area contributed by atoms with Crippen molar-refractivity contribution < 1.29 is 31.1 Å². The van der Waals surface area contributed by atoms with Gasteiger partial charge >= 0.3 is 6.18 Å². The van der Waals surface area contributed by atoms with Crippen molar-refractivity contribution in [3.8, 4) is 0 Å². The lowest BCUT2D eigenvalue weighted by Gasteiger charge is -2.35. The summed E-state index contributed by atoms with van der Waals surface area (Å²) in [5.41, 5.74) is 0. The molecule has 8 nitrogen and oxygen atoms in total. The monoisotopic (exact) mass is 438 g/mol. The van der Waals surface area contributed by atoms with E-state index in [0.717, 1.165) is 4.31 Å². The first kappa shape index (κ1) is 23.5. The summed E-state index contributed by atoms with van der Waals surface area (Å²) in [7, 11) is -2.45. The topological polar surface area (TPSA) is 83.1 Å². The Morgan fingerprint density at radius 1 is 1.28 bits per heavy atom. The predicted molar refractivity (Wildman–Crippen MR) is 98.6 cm³/mol. The zero-order chi connectivity index (χ0) is 21.5. The van der Waals surface area contributed by atoms with Crippen molar-refractivity contribution in [3.63, 3.8) is 0 Å². The van der Waals surface area contributed by atoms with Crippen molar-refractivity contribution in [2.45, 2.75) is 17.5 Å². The molecule has 2 heterocycles. The van der Waals surface area contributed by atoms with E-state index in [1.165, 1.54) is 31.6 Å². The van der Waals surface area contributed by atoms with Crippen molar-refractivity contribution in [1.29, 1.82) is 0 Å². The molecule has 0 spiro atoms. The van der Waals surface area contributed by atoms with E-state index in [0.29, 0.717) is 39.1 Å². The number of carbonyl (C=O) groups excluding carboxylic acids is 1. The second-order valence-corrected chi connectivity index (χ2v) is 8.74. The SMILES string of the molecule is CN(CC(=O)N1CCN(CCCOCC(F)(F)F)CC1)S(=O)(=O)c1cccnc1. The molecular formula is C17H25F3N4O4S. The Bertz CT molecular complexity index is 754. The number of rotatable bonds is 9. The highest BCUT2D eigenvalue weighted by Crippen LogP contribution is 2.15. The lowest BCUT2D eigenvalue weighted by molar-refractivity contribution is -0.174. The molecule has 164 valence electrons. The zero-order valence-electron chi connectivity index (χ0n) is 16.1. The van der Waals surface area contributed by atoms with Gasteiger partial charge in [0.15, 0.2) is 0 Å². The van der Waals surface area contributed by atoms with Crippen LogP contribution in [0.1, 0.15) is 6.42 Å². The van der Waals surface area contributed by atoms with E-state index in [1.807, 2.05) is 4.90 Å². The van der Waals surface area contributed by atoms with Gasteiger partial charge in [0.2, 0.25) is 15.9 Å². The van der Waals surface area contributed by atoms with Crippen LogP contribution in [0.25, 0.3) is 0 Å². The number of ether oxygens (including phenoxy) is 1. The summed E-state index contributed by atoms with van der Waals surface area (Å²) >= 11 is 0. The molecule has 2 rings (SSSR count). The maximum absolute atomic E-state index is 12.5. The first-order chi connectivity index (χ1) is 13.6. The number of sulfonamides is 1. The van der Waals surface area contributed by atoms with Gasteiger partial charge in [-0.25, -0.2) is 8.42 Å². The van der Waals surface area contributed by atoms with Crippen LogP contribution in [0.2, 0.25) is 0 Å². The summed E-state index contributed by atoms with van der Waals surface area (Å²) in [5.74, 6) is -0.298. The third kappa shape index (κ3) is 7.53. The summed E-state index contributed by atoms with van der Waals surface area (Å²) in [5, 5.41) is 0. The van der Waals surface area contributed by atoms with E-state index in [-0.39, 0.29) is 24.0 Å². The molecule has 12 heteroatoms. The number of aromatic nitrogens is 1. The van der Waals surface area contributed by atoms with Gasteiger partial charge in [0, 0.05) is 58.8 Å². The van der Waals surface area contributed by atoms with Gasteiger partial charge in [-0.15, -0.1) is 0 Å². The Balaban J connectivity index is 1.72. The summed E-state index contributed by atoms with van der Waals surface area (Å²) in [6, 6.07) is 2.93. The number of piperazine rings is 1. The third-order valence-electron chi connectivity index (χ3n) is 4.45. The molecule has 0 saturated carbocycles. The number of pyridine rings is 1. The zero-order valence-corrected chi connectivity index (χ0v) is 17.0. The number of carbonyl (C=O) groups is 1. The third-order valence-corrected chi connectivity index (χ3v) is 6.24. The molecule has 1 aromatic rings. The minimum absolute atomic E-state index is 0.0212. The molecule has 1 fully saturated rings. The first-order valence-corrected chi connectivity index (χ1v) is 10.5. The van der Waals surface area contributed by atoms with Crippen LogP contribution in [-0.4, -0.2) is 99.1 Å². The summed E-state index contributed by atoms with van der Waals surface area (Å²) in [6.07, 6.45) is -1.15. The molecule has 0 aromatic carbocycles. The Morgan fingerprint density at radius 2 is 1.97 bits per heavy atom. The minimum atomic E-state index is -4.32. The van der Waals surface area contributed by atoms with Crippen LogP contribution in [0, 0.1) is 0 Å². The van der Waals surface area contributed by atoms with Crippen LogP contribution in [0.5, 0.6) is 0 Å². The molecule has 1 saturated heterocycles. The molecule has 0 bridgehead atoms. The van der Waals surface area contributed by atoms with Crippen LogP contribution in [0.3, 0.4) is 0 Å². The number of likely N-dealkylation sites (N-methyl/N-ethyl adjacent to an activating group) is 1. The molecule has 1 aliphatic heterocycles. The van der Waals surface area contributed by atoms with Crippen molar-refractivity contribution in [1.82, 2.24) is 19.1 Å². The molecule has 1 aliphatic rings. The second kappa shape index (κ2) is 10.3. The van der Waals surface area contributed by atoms with Crippen LogP contribution in [0.4, 0.5) is 13.2 Å². The van der Waals surface area contributed by atoms with Gasteiger partial charge in [0.05, 0.1) is 6.54 Å². The van der Waals surface area contributed by atoms with Crippen LogP contribution in [-0.2, 0) is 19.6 Å². The van der Waals surface area contributed by atoms with E-state index in [9.17, 15) is 26.4 Å². The van der Waals surface area contributed by atoms with Gasteiger partial charge < -0.3 is 9.64 Å². The first-order valence-electron chi connectivity index (χ1n) is 9.10. The Morgan fingerprint density at radius 3 is 2.55 bits per heavy atom. The average molecular weight is 438 g/mol. The normalized spacial score (nSPS) is 16.4. The van der Waals surface area contributed by atoms with Crippen LogP contribution in [0.15, 0.2) is 29.4 Å². The molecule has 0 atom stereocenters. The average Bonchev–Trinajstić information content (AvgIpc) is 2.68. The predicted octanol–water partition coefficient (Wildman–Crippen LogP) is 0.815. The Hall–Kier alpha value is -1.76. The number of alkyl halides is 3. The van der Waals surface area contributed by atoms with Crippen LogP contribution < -0.4 is 0 Å². The number of hydrogen-bond donors (Lipinski definition) is 0. The van der Waals surface area contributed by atoms with E-state index in [2.05, 4.69) is 9.72 Å². The van der Waals surface area contributed by atoms with Gasteiger partial charge in [0.25, 0.3) is 0 Å². The molecule has 29 heavy (non-hydrogen) atoms. The molecular weight excluding hydrogens is 413 g/mol. The summed E-state index contributed by atoms with van der Waals surface area (Å²) in [4.78, 5) is 19.9. The van der Waals surface area contributed by atoms with Crippen molar-refractivity contribution in [2.75, 3.05) is 59.5 Å². The molecule has 0 unspecified atom stereocenters. The van der Waals surface area contributed by atoms with E-state index < -0.39 is 22.8 Å². The molecule has 1 aromatic heterocycles. The lowest BCUT2D eigenvalue weighted by atomic mass is 10.3. The van der Waals surface area contributed by atoms with E-state index in [4.69, 9.17) is 0 Å². The minimum Gasteiger partial charge on any atom is -0.372 e. The van der Waals surface area contributed by atoms with E-state index >= 15 is 0 Å². The van der Waals surface area contributed by atoms with Gasteiger partial charge in [-0.3, -0.25) is 14.7 Å². The highest BCUT2D eigenvalue weighted by molar-refractivity contribution is 7.89. The molecule has 1 amide bonds. The standard InChI is InChI=1S/C17H25F3N4O4S/c1-22(29(26,27)15-4-2-5-21-12-15)13-16(25)24-9-7-23(8-10-24)6-3-11-28-14-17(18,19)20/h2,4-5,12H,3,6-11,13-14H2,1H3. The van der Waals surface area contributed by atoms with Crippen molar-refractivity contribution in [2.24, 2.45) is 0 Å². The molecule has 0 N–H and O–H groups in total. The summed E-state index contributed by atoms with van der Waals surface area (Å²) < 4.78 is 66.5. The van der Waals surface area contributed by atoms with Crippen molar-refractivity contribution in [3.05, 3.63) is 24.5 Å². The highest BCUT2D eigenvalue weighted by atomic mass is 32.2. The van der Waals surface area contributed by atoms with E-state index in [1.54, 1.807) is 4.90 Å². The number of hydrogen-bond acceptors (Lipinski definition) is 6. The maximum atomic E-state index is 12.5. The van der Waals surface area contributed by atoms with Gasteiger partial charge in [-0.05, 0) is 18.6 Å². The largest absolute Gasteiger partial charge is 0.411 e. The van der Waals surface area contributed by atoms with Crippen LogP contribution >= 0.6 is 0 Å². The Kier molecular flexibility index (Phi) is 8.37. The smallest absolute Gasteiger partial charge is 0.372 e.